The fraction of sp³-hybridized carbons (Fsp3) is 0.111. The number of aromatic nitrogens is 2. The van der Waals surface area contributed by atoms with Crippen LogP contribution in [0.25, 0.3) is 22.5 Å². The van der Waals surface area contributed by atoms with E-state index >= 15 is 0 Å². The zero-order valence-corrected chi connectivity index (χ0v) is 12.6. The Morgan fingerprint density at radius 3 is 2.32 bits per heavy atom. The Hall–Kier alpha value is -2.88. The number of nitrogen functional groups attached to an aromatic ring is 1. The summed E-state index contributed by atoms with van der Waals surface area (Å²) in [6, 6.07) is 17.8. The number of nitrogens with two attached hydrogens (primary N) is 1. The lowest BCUT2D eigenvalue weighted by molar-refractivity contribution is 0.416. The molecule has 0 atom stereocenters. The van der Waals surface area contributed by atoms with Gasteiger partial charge in [-0.15, -0.1) is 0 Å². The highest BCUT2D eigenvalue weighted by atomic mass is 16.5. The molecule has 4 nitrogen and oxygen atoms in total. The van der Waals surface area contributed by atoms with Crippen molar-refractivity contribution < 1.29 is 4.74 Å². The van der Waals surface area contributed by atoms with Gasteiger partial charge in [-0.25, -0.2) is 9.97 Å². The van der Waals surface area contributed by atoms with Crippen LogP contribution in [0.15, 0.2) is 54.6 Å². The van der Waals surface area contributed by atoms with E-state index in [4.69, 9.17) is 10.5 Å². The molecule has 0 aliphatic carbocycles. The standard InChI is InChI=1S/C18H17N3O/c1-12-7-9-13(10-8-12)15-11-16(21-18(19)20-15)14-5-3-4-6-17(14)22-2/h3-11H,1-2H3,(H2,19,20,21). The van der Waals surface area contributed by atoms with E-state index in [2.05, 4.69) is 29.0 Å². The van der Waals surface area contributed by atoms with Gasteiger partial charge < -0.3 is 10.5 Å². The summed E-state index contributed by atoms with van der Waals surface area (Å²) in [5.74, 6) is 1.01. The first-order valence-electron chi connectivity index (χ1n) is 7.02. The molecule has 1 heterocycles. The van der Waals surface area contributed by atoms with Gasteiger partial charge in [-0.3, -0.25) is 0 Å². The van der Waals surface area contributed by atoms with E-state index in [0.717, 1.165) is 28.3 Å². The Balaban J connectivity index is 2.12. The largest absolute Gasteiger partial charge is 0.496 e. The maximum Gasteiger partial charge on any atom is 0.221 e. The summed E-state index contributed by atoms with van der Waals surface area (Å²) in [5, 5.41) is 0. The molecule has 1 aromatic heterocycles. The average molecular weight is 291 g/mol. The van der Waals surface area contributed by atoms with Crippen molar-refractivity contribution in [2.45, 2.75) is 6.92 Å². The number of rotatable bonds is 3. The van der Waals surface area contributed by atoms with Gasteiger partial charge in [0.2, 0.25) is 5.95 Å². The predicted octanol–water partition coefficient (Wildman–Crippen LogP) is 3.71. The molecular weight excluding hydrogens is 274 g/mol. The summed E-state index contributed by atoms with van der Waals surface area (Å²) < 4.78 is 5.40. The highest BCUT2D eigenvalue weighted by molar-refractivity contribution is 5.73. The van der Waals surface area contributed by atoms with Crippen LogP contribution in [0.5, 0.6) is 5.75 Å². The lowest BCUT2D eigenvalue weighted by atomic mass is 10.1. The van der Waals surface area contributed by atoms with Crippen molar-refractivity contribution in [1.29, 1.82) is 0 Å². The van der Waals surface area contributed by atoms with E-state index in [1.54, 1.807) is 7.11 Å². The van der Waals surface area contributed by atoms with Crippen molar-refractivity contribution in [1.82, 2.24) is 9.97 Å². The molecule has 110 valence electrons. The molecule has 0 bridgehead atoms. The molecule has 0 spiro atoms. The van der Waals surface area contributed by atoms with Gasteiger partial charge in [0.1, 0.15) is 5.75 Å². The first-order valence-corrected chi connectivity index (χ1v) is 7.02. The number of hydrogen-bond acceptors (Lipinski definition) is 4. The quantitative estimate of drug-likeness (QED) is 0.799. The molecule has 0 amide bonds. The highest BCUT2D eigenvalue weighted by Gasteiger charge is 2.10. The minimum atomic E-state index is 0.249. The molecule has 0 unspecified atom stereocenters. The number of benzene rings is 2. The van der Waals surface area contributed by atoms with E-state index in [1.807, 2.05) is 42.5 Å². The second kappa shape index (κ2) is 5.85. The third-order valence-corrected chi connectivity index (χ3v) is 3.47. The van der Waals surface area contributed by atoms with Gasteiger partial charge in [-0.05, 0) is 25.1 Å². The van der Waals surface area contributed by atoms with Gasteiger partial charge in [0, 0.05) is 11.1 Å². The molecule has 0 saturated carbocycles. The summed E-state index contributed by atoms with van der Waals surface area (Å²) in [6.07, 6.45) is 0. The van der Waals surface area contributed by atoms with Crippen LogP contribution in [-0.4, -0.2) is 17.1 Å². The summed E-state index contributed by atoms with van der Waals surface area (Å²) >= 11 is 0. The number of ether oxygens (including phenoxy) is 1. The maximum atomic E-state index is 5.89. The second-order valence-corrected chi connectivity index (χ2v) is 5.06. The summed E-state index contributed by atoms with van der Waals surface area (Å²) in [7, 11) is 1.64. The van der Waals surface area contributed by atoms with Gasteiger partial charge in [-0.2, -0.15) is 0 Å². The molecule has 4 heteroatoms. The molecule has 0 radical (unpaired) electrons. The van der Waals surface area contributed by atoms with Gasteiger partial charge in [0.05, 0.1) is 18.5 Å². The van der Waals surface area contributed by atoms with Gasteiger partial charge in [0.25, 0.3) is 0 Å². The third-order valence-electron chi connectivity index (χ3n) is 3.47. The predicted molar refractivity (Wildman–Crippen MR) is 88.6 cm³/mol. The van der Waals surface area contributed by atoms with Crippen molar-refractivity contribution in [3.05, 3.63) is 60.2 Å². The number of methoxy groups -OCH3 is 1. The normalized spacial score (nSPS) is 10.5. The SMILES string of the molecule is COc1ccccc1-c1cc(-c2ccc(C)cc2)nc(N)n1. The number of hydrogen-bond donors (Lipinski definition) is 1. The van der Waals surface area contributed by atoms with Crippen molar-refractivity contribution in [3.63, 3.8) is 0 Å². The molecule has 0 saturated heterocycles. The fourth-order valence-corrected chi connectivity index (χ4v) is 2.33. The zero-order chi connectivity index (χ0) is 15.5. The fourth-order valence-electron chi connectivity index (χ4n) is 2.33. The van der Waals surface area contributed by atoms with Crippen LogP contribution in [0.3, 0.4) is 0 Å². The van der Waals surface area contributed by atoms with Gasteiger partial charge in [0.15, 0.2) is 0 Å². The summed E-state index contributed by atoms with van der Waals surface area (Å²) in [5.41, 5.74) is 10.6. The Bertz CT molecular complexity index is 798. The Morgan fingerprint density at radius 2 is 1.59 bits per heavy atom. The van der Waals surface area contributed by atoms with Crippen molar-refractivity contribution in [2.75, 3.05) is 12.8 Å². The van der Waals surface area contributed by atoms with Crippen LogP contribution in [0, 0.1) is 6.92 Å². The number of anilines is 1. The Morgan fingerprint density at radius 1 is 0.909 bits per heavy atom. The van der Waals surface area contributed by atoms with E-state index in [-0.39, 0.29) is 5.95 Å². The first kappa shape index (κ1) is 14.1. The minimum Gasteiger partial charge on any atom is -0.496 e. The second-order valence-electron chi connectivity index (χ2n) is 5.06. The molecule has 0 fully saturated rings. The maximum absolute atomic E-state index is 5.89. The molecule has 0 aliphatic heterocycles. The molecule has 0 aliphatic rings. The molecule has 3 aromatic rings. The lowest BCUT2D eigenvalue weighted by Crippen LogP contribution is -1.99. The Labute approximate surface area is 129 Å². The van der Waals surface area contributed by atoms with Crippen LogP contribution >= 0.6 is 0 Å². The highest BCUT2D eigenvalue weighted by Crippen LogP contribution is 2.30. The summed E-state index contributed by atoms with van der Waals surface area (Å²) in [6.45, 7) is 2.05. The van der Waals surface area contributed by atoms with Crippen LogP contribution in [0.1, 0.15) is 5.56 Å². The van der Waals surface area contributed by atoms with E-state index in [0.29, 0.717) is 0 Å². The molecule has 2 aromatic carbocycles. The average Bonchev–Trinajstić information content (AvgIpc) is 2.55. The van der Waals surface area contributed by atoms with Crippen molar-refractivity contribution in [3.8, 4) is 28.3 Å². The molecule has 22 heavy (non-hydrogen) atoms. The number of nitrogens with zero attached hydrogens (tertiary/aromatic N) is 2. The van der Waals surface area contributed by atoms with Crippen LogP contribution < -0.4 is 10.5 Å². The number of para-hydroxylation sites is 1. The van der Waals surface area contributed by atoms with Crippen molar-refractivity contribution >= 4 is 5.95 Å². The smallest absolute Gasteiger partial charge is 0.221 e. The number of aryl methyl sites for hydroxylation is 1. The summed E-state index contributed by atoms with van der Waals surface area (Å²) in [4.78, 5) is 8.68. The van der Waals surface area contributed by atoms with E-state index < -0.39 is 0 Å². The zero-order valence-electron chi connectivity index (χ0n) is 12.6. The van der Waals surface area contributed by atoms with Crippen LogP contribution in [0.4, 0.5) is 5.95 Å². The van der Waals surface area contributed by atoms with Gasteiger partial charge >= 0.3 is 0 Å². The van der Waals surface area contributed by atoms with Crippen molar-refractivity contribution in [2.24, 2.45) is 0 Å². The minimum absolute atomic E-state index is 0.249. The van der Waals surface area contributed by atoms with Crippen LogP contribution in [0.2, 0.25) is 0 Å². The monoisotopic (exact) mass is 291 g/mol. The lowest BCUT2D eigenvalue weighted by Gasteiger charge is -2.10. The molecular formula is C18H17N3O. The molecule has 3 rings (SSSR count). The first-order chi connectivity index (χ1) is 10.7. The van der Waals surface area contributed by atoms with Gasteiger partial charge in [-0.1, -0.05) is 42.0 Å². The van der Waals surface area contributed by atoms with E-state index in [9.17, 15) is 0 Å². The van der Waals surface area contributed by atoms with Crippen LogP contribution in [-0.2, 0) is 0 Å². The Kier molecular flexibility index (Phi) is 3.74. The third kappa shape index (κ3) is 2.76. The topological polar surface area (TPSA) is 61.0 Å². The van der Waals surface area contributed by atoms with E-state index in [1.165, 1.54) is 5.56 Å². The molecule has 2 N–H and O–H groups in total.